The number of aromatic amines is 1. The minimum Gasteiger partial charge on any atom is -0.360 e. The number of anilines is 2. The zero-order chi connectivity index (χ0) is 21.9. The summed E-state index contributed by atoms with van der Waals surface area (Å²) in [6.45, 7) is 2.02. The van der Waals surface area contributed by atoms with Gasteiger partial charge in [0.1, 0.15) is 0 Å². The molecule has 3 aromatic heterocycles. The third kappa shape index (κ3) is 4.59. The van der Waals surface area contributed by atoms with Crippen molar-refractivity contribution in [1.29, 1.82) is 0 Å². The lowest BCUT2D eigenvalue weighted by molar-refractivity contribution is -0.117. The first-order valence-corrected chi connectivity index (χ1v) is 11.7. The minimum atomic E-state index is -0.0317. The highest BCUT2D eigenvalue weighted by Gasteiger charge is 2.22. The second-order valence-electron chi connectivity index (χ2n) is 7.72. The number of para-hydroxylation sites is 1. The van der Waals surface area contributed by atoms with E-state index in [9.17, 15) is 4.79 Å². The molecule has 0 unspecified atom stereocenters. The van der Waals surface area contributed by atoms with E-state index in [0.717, 1.165) is 42.4 Å². The monoisotopic (exact) mass is 467 g/mol. The number of piperidine rings is 1. The number of nitrogens with zero attached hydrogens (tertiary/aromatic N) is 4. The Morgan fingerprint density at radius 2 is 2.09 bits per heavy atom. The van der Waals surface area contributed by atoms with Gasteiger partial charge < -0.3 is 15.6 Å². The zero-order valence-electron chi connectivity index (χ0n) is 17.2. The average Bonchev–Trinajstić information content (AvgIpc) is 3.46. The number of aromatic nitrogens is 4. The van der Waals surface area contributed by atoms with Crippen molar-refractivity contribution < 1.29 is 4.79 Å². The summed E-state index contributed by atoms with van der Waals surface area (Å²) in [6, 6.07) is 8.31. The van der Waals surface area contributed by atoms with Gasteiger partial charge in [-0.2, -0.15) is 0 Å². The number of hydrogen-bond donors (Lipinski definition) is 3. The van der Waals surface area contributed by atoms with Crippen LogP contribution < -0.4 is 10.6 Å². The molecule has 8 nitrogen and oxygen atoms in total. The van der Waals surface area contributed by atoms with Gasteiger partial charge in [0, 0.05) is 53.4 Å². The molecule has 0 radical (unpaired) electrons. The Morgan fingerprint density at radius 1 is 1.25 bits per heavy atom. The molecule has 0 atom stereocenters. The highest BCUT2D eigenvalue weighted by atomic mass is 35.5. The third-order valence-corrected chi connectivity index (χ3v) is 6.52. The van der Waals surface area contributed by atoms with Gasteiger partial charge in [0.05, 0.1) is 23.5 Å². The Hall–Kier alpha value is -3.01. The fourth-order valence-electron chi connectivity index (χ4n) is 3.96. The summed E-state index contributed by atoms with van der Waals surface area (Å²) in [5, 5.41) is 10.3. The first-order chi connectivity index (χ1) is 15.7. The highest BCUT2D eigenvalue weighted by molar-refractivity contribution is 7.13. The van der Waals surface area contributed by atoms with Crippen LogP contribution in [0.1, 0.15) is 12.8 Å². The van der Waals surface area contributed by atoms with Gasteiger partial charge in [-0.05, 0) is 18.9 Å². The largest absolute Gasteiger partial charge is 0.360 e. The first kappa shape index (κ1) is 20.9. The molecule has 1 fully saturated rings. The van der Waals surface area contributed by atoms with Crippen molar-refractivity contribution in [2.75, 3.05) is 30.3 Å². The second-order valence-corrected chi connectivity index (χ2v) is 9.02. The summed E-state index contributed by atoms with van der Waals surface area (Å²) in [5.74, 6) is 0.533. The van der Waals surface area contributed by atoms with E-state index < -0.39 is 0 Å². The molecule has 164 valence electrons. The van der Waals surface area contributed by atoms with Crippen LogP contribution in [0.2, 0.25) is 5.02 Å². The van der Waals surface area contributed by atoms with Crippen LogP contribution in [-0.2, 0) is 4.79 Å². The number of carbonyl (C=O) groups excluding carboxylic acids is 1. The summed E-state index contributed by atoms with van der Waals surface area (Å²) < 4.78 is 0. The number of H-pyrrole nitrogens is 1. The number of halogens is 1. The second kappa shape index (κ2) is 9.23. The Kier molecular flexibility index (Phi) is 6.02. The molecule has 3 N–H and O–H groups in total. The van der Waals surface area contributed by atoms with E-state index >= 15 is 0 Å². The van der Waals surface area contributed by atoms with E-state index in [1.54, 1.807) is 12.4 Å². The normalized spacial score (nSPS) is 15.2. The lowest BCUT2D eigenvalue weighted by Gasteiger charge is -2.31. The number of fused-ring (bicyclic) bond motifs is 1. The predicted molar refractivity (Wildman–Crippen MR) is 128 cm³/mol. The number of thiazole rings is 1. The van der Waals surface area contributed by atoms with Crippen LogP contribution in [0.15, 0.2) is 48.2 Å². The lowest BCUT2D eigenvalue weighted by Crippen LogP contribution is -2.42. The van der Waals surface area contributed by atoms with Crippen LogP contribution in [0.5, 0.6) is 0 Å². The molecule has 32 heavy (non-hydrogen) atoms. The molecule has 1 amide bonds. The Bertz CT molecular complexity index is 1220. The molecule has 4 aromatic rings. The van der Waals surface area contributed by atoms with Gasteiger partial charge in [0.25, 0.3) is 0 Å². The summed E-state index contributed by atoms with van der Waals surface area (Å²) in [5.41, 5.74) is 2.70. The van der Waals surface area contributed by atoms with Gasteiger partial charge in [0.2, 0.25) is 11.9 Å². The molecule has 0 saturated carbocycles. The van der Waals surface area contributed by atoms with E-state index in [0.29, 0.717) is 28.3 Å². The van der Waals surface area contributed by atoms with Gasteiger partial charge in [0.15, 0.2) is 5.13 Å². The summed E-state index contributed by atoms with van der Waals surface area (Å²) in [6.07, 6.45) is 7.06. The summed E-state index contributed by atoms with van der Waals surface area (Å²) in [4.78, 5) is 30.8. The van der Waals surface area contributed by atoms with Crippen molar-refractivity contribution in [3.63, 3.8) is 0 Å². The Balaban J connectivity index is 1.20. The van der Waals surface area contributed by atoms with Crippen LogP contribution in [0.4, 0.5) is 11.1 Å². The molecule has 1 saturated heterocycles. The number of benzene rings is 1. The van der Waals surface area contributed by atoms with Crippen molar-refractivity contribution in [3.8, 4) is 11.3 Å². The summed E-state index contributed by atoms with van der Waals surface area (Å²) in [7, 11) is 0. The van der Waals surface area contributed by atoms with Crippen LogP contribution >= 0.6 is 22.9 Å². The molecule has 4 heterocycles. The van der Waals surface area contributed by atoms with Crippen molar-refractivity contribution in [2.45, 2.75) is 18.9 Å². The van der Waals surface area contributed by atoms with Gasteiger partial charge in [-0.1, -0.05) is 29.8 Å². The quantitative estimate of drug-likeness (QED) is 0.392. The van der Waals surface area contributed by atoms with Gasteiger partial charge in [-0.3, -0.25) is 9.69 Å². The Labute approximate surface area is 194 Å². The van der Waals surface area contributed by atoms with Crippen molar-refractivity contribution in [2.24, 2.45) is 0 Å². The Morgan fingerprint density at radius 3 is 2.91 bits per heavy atom. The number of likely N-dealkylation sites (tertiary alicyclic amines) is 1. The maximum Gasteiger partial charge on any atom is 0.240 e. The maximum atomic E-state index is 12.2. The van der Waals surface area contributed by atoms with Crippen molar-refractivity contribution in [1.82, 2.24) is 24.8 Å². The van der Waals surface area contributed by atoms with Gasteiger partial charge in [-0.25, -0.2) is 15.0 Å². The van der Waals surface area contributed by atoms with Crippen LogP contribution in [0.3, 0.4) is 0 Å². The molecule has 1 aromatic carbocycles. The van der Waals surface area contributed by atoms with Gasteiger partial charge in [-0.15, -0.1) is 11.3 Å². The fourth-order valence-corrected chi connectivity index (χ4v) is 4.70. The highest BCUT2D eigenvalue weighted by Crippen LogP contribution is 2.32. The third-order valence-electron chi connectivity index (χ3n) is 5.56. The van der Waals surface area contributed by atoms with E-state index in [2.05, 4.69) is 30.5 Å². The van der Waals surface area contributed by atoms with Crippen LogP contribution in [0, 0.1) is 0 Å². The standard InChI is InChI=1S/C22H22ClN7OS/c23-17-12-26-21(29-20(17)16-11-25-18-4-2-1-3-15(16)18)27-14-5-8-30(9-6-14)13-19(31)28-22-24-7-10-32-22/h1-4,7,10-12,14,25H,5-6,8-9,13H2,(H,24,28,31)(H,26,27,29). The molecule has 0 bridgehead atoms. The molecule has 1 aliphatic rings. The maximum absolute atomic E-state index is 12.2. The van der Waals surface area contributed by atoms with E-state index in [4.69, 9.17) is 16.6 Å². The molecule has 10 heteroatoms. The molecular weight excluding hydrogens is 446 g/mol. The minimum absolute atomic E-state index is 0.0317. The van der Waals surface area contributed by atoms with E-state index in [1.165, 1.54) is 11.3 Å². The first-order valence-electron chi connectivity index (χ1n) is 10.4. The van der Waals surface area contributed by atoms with Crippen molar-refractivity contribution >= 4 is 50.8 Å². The number of rotatable bonds is 6. The van der Waals surface area contributed by atoms with Crippen LogP contribution in [-0.4, -0.2) is 56.4 Å². The summed E-state index contributed by atoms with van der Waals surface area (Å²) >= 11 is 7.85. The fraction of sp³-hybridized carbons (Fsp3) is 0.273. The number of carbonyl (C=O) groups is 1. The lowest BCUT2D eigenvalue weighted by atomic mass is 10.1. The average molecular weight is 468 g/mol. The van der Waals surface area contributed by atoms with E-state index in [1.807, 2.05) is 35.8 Å². The topological polar surface area (TPSA) is 98.8 Å². The molecule has 1 aliphatic heterocycles. The zero-order valence-corrected chi connectivity index (χ0v) is 18.8. The van der Waals surface area contributed by atoms with E-state index in [-0.39, 0.29) is 11.9 Å². The number of nitrogens with one attached hydrogen (secondary N) is 3. The SMILES string of the molecule is O=C(CN1CCC(Nc2ncc(Cl)c(-c3c[nH]c4ccccc34)n2)CC1)Nc1nccs1. The smallest absolute Gasteiger partial charge is 0.240 e. The number of amides is 1. The number of hydrogen-bond acceptors (Lipinski definition) is 7. The van der Waals surface area contributed by atoms with Gasteiger partial charge >= 0.3 is 0 Å². The molecule has 0 aliphatic carbocycles. The van der Waals surface area contributed by atoms with Crippen molar-refractivity contribution in [3.05, 3.63) is 53.3 Å². The molecule has 0 spiro atoms. The molecular formula is C22H22ClN7OS. The molecule has 5 rings (SSSR count). The predicted octanol–water partition coefficient (Wildman–Crippen LogP) is 4.25. The van der Waals surface area contributed by atoms with Crippen LogP contribution in [0.25, 0.3) is 22.2 Å².